The number of hydrogen-bond donors (Lipinski definition) is 3. The average Bonchev–Trinajstić information content (AvgIpc) is 3.41. The molecule has 0 saturated heterocycles. The molecule has 0 heterocycles. The van der Waals surface area contributed by atoms with E-state index in [4.69, 9.17) is 4.74 Å². The molecule has 0 aliphatic rings. The van der Waals surface area contributed by atoms with Gasteiger partial charge in [-0.05, 0) is 83.5 Å². The zero-order valence-electron chi connectivity index (χ0n) is 50.5. The normalized spacial score (nSPS) is 12.7. The van der Waals surface area contributed by atoms with E-state index in [1.165, 1.54) is 295 Å². The van der Waals surface area contributed by atoms with Crippen molar-refractivity contribution in [2.45, 2.75) is 379 Å². The highest BCUT2D eigenvalue weighted by atomic mass is 16.5. The largest absolute Gasteiger partial charge is 0.466 e. The average molecular weight is 1050 g/mol. The number of aliphatic hydroxyl groups is 2. The van der Waals surface area contributed by atoms with Gasteiger partial charge in [0.05, 0.1) is 25.4 Å². The van der Waals surface area contributed by atoms with Gasteiger partial charge in [0.2, 0.25) is 5.91 Å². The second-order valence-corrected chi connectivity index (χ2v) is 23.1. The van der Waals surface area contributed by atoms with Crippen LogP contribution in [0.4, 0.5) is 0 Å². The lowest BCUT2D eigenvalue weighted by Gasteiger charge is -2.20. The molecular formula is C69H131NO5. The van der Waals surface area contributed by atoms with Gasteiger partial charge in [-0.3, -0.25) is 9.59 Å². The number of carbonyl (C=O) groups excluding carboxylic acids is 2. The molecule has 2 atom stereocenters. The van der Waals surface area contributed by atoms with Crippen LogP contribution in [0.2, 0.25) is 0 Å². The molecule has 3 N–H and O–H groups in total. The van der Waals surface area contributed by atoms with Crippen LogP contribution in [0.25, 0.3) is 0 Å². The van der Waals surface area contributed by atoms with E-state index in [1.807, 2.05) is 6.08 Å². The number of unbranched alkanes of at least 4 members (excludes halogenated alkanes) is 48. The van der Waals surface area contributed by atoms with Crippen LogP contribution in [0.15, 0.2) is 36.5 Å². The van der Waals surface area contributed by atoms with Crippen molar-refractivity contribution in [3.63, 3.8) is 0 Å². The number of amides is 1. The first kappa shape index (κ1) is 73.1. The van der Waals surface area contributed by atoms with Crippen LogP contribution in [0, 0.1) is 0 Å². The zero-order chi connectivity index (χ0) is 54.3. The Labute approximate surface area is 468 Å². The predicted octanol–water partition coefficient (Wildman–Crippen LogP) is 21.5. The molecule has 0 bridgehead atoms. The molecule has 0 fully saturated rings. The molecule has 75 heavy (non-hydrogen) atoms. The van der Waals surface area contributed by atoms with E-state index >= 15 is 0 Å². The summed E-state index contributed by atoms with van der Waals surface area (Å²) in [5.41, 5.74) is 0. The Balaban J connectivity index is 3.36. The lowest BCUT2D eigenvalue weighted by molar-refractivity contribution is -0.143. The topological polar surface area (TPSA) is 95.9 Å². The summed E-state index contributed by atoms with van der Waals surface area (Å²) in [5.74, 6) is -0.0566. The van der Waals surface area contributed by atoms with E-state index in [-0.39, 0.29) is 18.5 Å². The van der Waals surface area contributed by atoms with E-state index in [1.54, 1.807) is 6.08 Å². The fraction of sp³-hybridized carbons (Fsp3) is 0.884. The molecule has 0 aromatic carbocycles. The summed E-state index contributed by atoms with van der Waals surface area (Å²) < 4.78 is 5.49. The van der Waals surface area contributed by atoms with E-state index in [0.717, 1.165) is 44.9 Å². The van der Waals surface area contributed by atoms with Crippen molar-refractivity contribution in [1.29, 1.82) is 0 Å². The Hall–Kier alpha value is -1.92. The third-order valence-electron chi connectivity index (χ3n) is 15.6. The number of rotatable bonds is 63. The van der Waals surface area contributed by atoms with Crippen LogP contribution in [0.5, 0.6) is 0 Å². The number of ether oxygens (including phenoxy) is 1. The quantitative estimate of drug-likeness (QED) is 0.0320. The Morgan fingerprint density at radius 3 is 0.947 bits per heavy atom. The molecule has 1 amide bonds. The van der Waals surface area contributed by atoms with Crippen LogP contribution in [-0.4, -0.2) is 47.4 Å². The number of aliphatic hydroxyl groups excluding tert-OH is 2. The maximum atomic E-state index is 12.4. The SMILES string of the molecule is CCCCCCCCC/C=C\CCCCCCCC(=O)OCCCCCCCCCCCCCC/C=C\CCCCCCCCCCCCCCCCC(=O)NC(CO)C(O)/C=C/CCCCCCCCCCCC. The van der Waals surface area contributed by atoms with Crippen LogP contribution in [-0.2, 0) is 14.3 Å². The minimum Gasteiger partial charge on any atom is -0.466 e. The van der Waals surface area contributed by atoms with Crippen molar-refractivity contribution in [3.05, 3.63) is 36.5 Å². The first-order chi connectivity index (χ1) is 37.0. The number of allylic oxidation sites excluding steroid dienone is 5. The number of hydrogen-bond acceptors (Lipinski definition) is 5. The van der Waals surface area contributed by atoms with Gasteiger partial charge in [0.15, 0.2) is 0 Å². The second kappa shape index (κ2) is 64.6. The van der Waals surface area contributed by atoms with E-state index in [0.29, 0.717) is 19.4 Å². The molecule has 0 aromatic rings. The van der Waals surface area contributed by atoms with Crippen molar-refractivity contribution in [1.82, 2.24) is 5.32 Å². The van der Waals surface area contributed by atoms with E-state index in [9.17, 15) is 19.8 Å². The van der Waals surface area contributed by atoms with Crippen molar-refractivity contribution in [3.8, 4) is 0 Å². The summed E-state index contributed by atoms with van der Waals surface area (Å²) in [6.45, 7) is 4.91. The van der Waals surface area contributed by atoms with Gasteiger partial charge in [-0.15, -0.1) is 0 Å². The highest BCUT2D eigenvalue weighted by Gasteiger charge is 2.18. The summed E-state index contributed by atoms with van der Waals surface area (Å²) in [4.78, 5) is 24.5. The van der Waals surface area contributed by atoms with Gasteiger partial charge >= 0.3 is 5.97 Å². The summed E-state index contributed by atoms with van der Waals surface area (Å²) >= 11 is 0. The van der Waals surface area contributed by atoms with Gasteiger partial charge in [0.1, 0.15) is 0 Å². The maximum Gasteiger partial charge on any atom is 0.305 e. The van der Waals surface area contributed by atoms with Crippen LogP contribution >= 0.6 is 0 Å². The first-order valence-electron chi connectivity index (χ1n) is 33.8. The number of nitrogens with one attached hydrogen (secondary N) is 1. The fourth-order valence-electron chi connectivity index (χ4n) is 10.4. The van der Waals surface area contributed by atoms with Crippen LogP contribution in [0.1, 0.15) is 367 Å². The van der Waals surface area contributed by atoms with Gasteiger partial charge in [0, 0.05) is 12.8 Å². The molecule has 6 nitrogen and oxygen atoms in total. The second-order valence-electron chi connectivity index (χ2n) is 23.1. The van der Waals surface area contributed by atoms with Crippen molar-refractivity contribution in [2.75, 3.05) is 13.2 Å². The number of esters is 1. The lowest BCUT2D eigenvalue weighted by atomic mass is 10.0. The summed E-state index contributed by atoms with van der Waals surface area (Å²) in [7, 11) is 0. The van der Waals surface area contributed by atoms with E-state index in [2.05, 4.69) is 43.5 Å². The Bertz CT molecular complexity index is 1210. The molecule has 442 valence electrons. The molecule has 0 saturated carbocycles. The molecule has 0 aromatic heterocycles. The monoisotopic (exact) mass is 1050 g/mol. The van der Waals surface area contributed by atoms with E-state index < -0.39 is 12.1 Å². The maximum absolute atomic E-state index is 12.4. The van der Waals surface area contributed by atoms with Gasteiger partial charge in [0.25, 0.3) is 0 Å². The molecule has 0 spiro atoms. The summed E-state index contributed by atoms with van der Waals surface area (Å²) in [6.07, 6.45) is 82.2. The van der Waals surface area contributed by atoms with Crippen molar-refractivity contribution in [2.24, 2.45) is 0 Å². The minimum absolute atomic E-state index is 0.00957. The molecule has 0 aliphatic carbocycles. The molecular weight excluding hydrogens is 923 g/mol. The van der Waals surface area contributed by atoms with Crippen molar-refractivity contribution < 1.29 is 24.5 Å². The first-order valence-corrected chi connectivity index (χ1v) is 33.8. The number of carbonyl (C=O) groups is 2. The third-order valence-corrected chi connectivity index (χ3v) is 15.6. The smallest absolute Gasteiger partial charge is 0.305 e. The molecule has 0 aliphatic heterocycles. The highest BCUT2D eigenvalue weighted by Crippen LogP contribution is 2.18. The Kier molecular flexibility index (Phi) is 63.0. The van der Waals surface area contributed by atoms with Crippen molar-refractivity contribution >= 4 is 11.9 Å². The Morgan fingerprint density at radius 2 is 0.627 bits per heavy atom. The minimum atomic E-state index is -0.842. The van der Waals surface area contributed by atoms with Gasteiger partial charge < -0.3 is 20.3 Å². The Morgan fingerprint density at radius 1 is 0.360 bits per heavy atom. The van der Waals surface area contributed by atoms with Crippen LogP contribution < -0.4 is 5.32 Å². The summed E-state index contributed by atoms with van der Waals surface area (Å²) in [6, 6.07) is -0.626. The van der Waals surface area contributed by atoms with Gasteiger partial charge in [-0.1, -0.05) is 307 Å². The summed E-state index contributed by atoms with van der Waals surface area (Å²) in [5, 5.41) is 23.1. The standard InChI is InChI=1S/C69H131NO5/c1-3-5-7-9-11-13-15-17-18-36-39-43-47-51-55-59-63-69(74)75-64-60-56-52-48-44-40-37-34-32-30-28-26-24-22-20-19-21-23-25-27-29-31-33-35-38-42-46-50-54-58-62-68(73)70-66(65-71)67(72)61-57-53-49-45-41-16-14-12-10-8-6-4-2/h18,20,22,36,57,61,66-67,71-72H,3-17,19,21,23-35,37-56,58-60,62-65H2,1-2H3,(H,70,73)/b22-20-,36-18-,61-57+. The molecule has 2 unspecified atom stereocenters. The highest BCUT2D eigenvalue weighted by molar-refractivity contribution is 5.76. The third kappa shape index (κ3) is 61.2. The van der Waals surface area contributed by atoms with Gasteiger partial charge in [-0.2, -0.15) is 0 Å². The fourth-order valence-corrected chi connectivity index (χ4v) is 10.4. The molecule has 0 radical (unpaired) electrons. The van der Waals surface area contributed by atoms with Gasteiger partial charge in [-0.25, -0.2) is 0 Å². The zero-order valence-corrected chi connectivity index (χ0v) is 50.5. The lowest BCUT2D eigenvalue weighted by Crippen LogP contribution is -2.45. The predicted molar refractivity (Wildman–Crippen MR) is 329 cm³/mol. The van der Waals surface area contributed by atoms with Crippen LogP contribution in [0.3, 0.4) is 0 Å². The molecule has 0 rings (SSSR count). The molecule has 6 heteroatoms.